The third-order valence-electron chi connectivity index (χ3n) is 3.89. The van der Waals surface area contributed by atoms with Gasteiger partial charge in [-0.15, -0.1) is 11.3 Å². The summed E-state index contributed by atoms with van der Waals surface area (Å²) in [6, 6.07) is 3.76. The molecular weight excluding hydrogens is 334 g/mol. The van der Waals surface area contributed by atoms with Crippen molar-refractivity contribution in [1.29, 1.82) is 0 Å². The average Bonchev–Trinajstić information content (AvgIpc) is 3.13. The highest BCUT2D eigenvalue weighted by molar-refractivity contribution is 7.12. The Bertz CT molecular complexity index is 432. The summed E-state index contributed by atoms with van der Waals surface area (Å²) in [6.07, 6.45) is 12.1. The average molecular weight is 370 g/mol. The second-order valence-corrected chi connectivity index (χ2v) is 7.17. The maximum absolute atomic E-state index is 11.2. The van der Waals surface area contributed by atoms with Gasteiger partial charge in [0.05, 0.1) is 4.88 Å². The topological polar surface area (TPSA) is 66.4 Å². The zero-order valence-electron chi connectivity index (χ0n) is 15.9. The second kappa shape index (κ2) is 17.6. The fourth-order valence-electron chi connectivity index (χ4n) is 2.39. The molecule has 25 heavy (non-hydrogen) atoms. The molecule has 144 valence electrons. The first kappa shape index (κ1) is 23.8. The highest BCUT2D eigenvalue weighted by atomic mass is 32.1. The highest BCUT2D eigenvalue weighted by Crippen LogP contribution is 2.11. The van der Waals surface area contributed by atoms with Gasteiger partial charge in [0.25, 0.3) is 0 Å². The molecule has 0 spiro atoms. The molecule has 0 saturated carbocycles. The molecule has 0 radical (unpaired) electrons. The van der Waals surface area contributed by atoms with Crippen LogP contribution >= 0.6 is 11.3 Å². The van der Waals surface area contributed by atoms with Gasteiger partial charge in [0, 0.05) is 19.4 Å². The Morgan fingerprint density at radius 1 is 1.00 bits per heavy atom. The van der Waals surface area contributed by atoms with Crippen LogP contribution < -0.4 is 5.32 Å². The minimum absolute atomic E-state index is 0.231. The van der Waals surface area contributed by atoms with E-state index in [4.69, 9.17) is 5.11 Å². The Morgan fingerprint density at radius 2 is 1.60 bits per heavy atom. The third kappa shape index (κ3) is 16.0. The molecule has 4 nitrogen and oxygen atoms in total. The number of unbranched alkanes of at least 4 members (excludes halogenated alkanes) is 8. The lowest BCUT2D eigenvalue weighted by Gasteiger charge is -2.00. The van der Waals surface area contributed by atoms with Crippen LogP contribution in [0.25, 0.3) is 0 Å². The Morgan fingerprint density at radius 3 is 2.08 bits per heavy atom. The molecule has 0 bridgehead atoms. The molecule has 1 aromatic heterocycles. The number of hydrogen-bond donors (Lipinski definition) is 2. The Kier molecular flexibility index (Phi) is 16.8. The maximum Gasteiger partial charge on any atom is 0.303 e. The van der Waals surface area contributed by atoms with Gasteiger partial charge in [-0.3, -0.25) is 9.59 Å². The van der Waals surface area contributed by atoms with Crippen molar-refractivity contribution >= 4 is 23.1 Å². The van der Waals surface area contributed by atoms with Gasteiger partial charge >= 0.3 is 5.97 Å². The molecule has 0 amide bonds. The summed E-state index contributed by atoms with van der Waals surface area (Å²) in [4.78, 5) is 22.3. The minimum atomic E-state index is -0.659. The van der Waals surface area contributed by atoms with Crippen molar-refractivity contribution in [1.82, 2.24) is 5.32 Å². The van der Waals surface area contributed by atoms with E-state index in [1.54, 1.807) is 0 Å². The summed E-state index contributed by atoms with van der Waals surface area (Å²) in [5, 5.41) is 13.3. The van der Waals surface area contributed by atoms with E-state index in [1.807, 2.05) is 24.6 Å². The molecule has 0 unspecified atom stereocenters. The normalized spacial score (nSPS) is 10.2. The van der Waals surface area contributed by atoms with Gasteiger partial charge in [-0.05, 0) is 24.9 Å². The molecule has 1 rings (SSSR count). The number of hydrogen-bond acceptors (Lipinski definition) is 4. The standard InChI is InChI=1S/C12H24O2.C8H11NOS/c1-2-3-4-5-6-7-8-9-10-11-12(13)14;1-9-5-4-7(10)8-3-2-6-11-8/h2-11H2,1H3,(H,13,14);2-3,6,9H,4-5H2,1H3. The molecule has 5 heteroatoms. The van der Waals surface area contributed by atoms with Crippen molar-refractivity contribution < 1.29 is 14.7 Å². The van der Waals surface area contributed by atoms with Gasteiger partial charge in [-0.2, -0.15) is 0 Å². The van der Waals surface area contributed by atoms with E-state index in [9.17, 15) is 9.59 Å². The number of carboxylic acids is 1. The number of carbonyl (C=O) groups is 2. The van der Waals surface area contributed by atoms with E-state index < -0.39 is 5.97 Å². The van der Waals surface area contributed by atoms with Crippen LogP contribution in [-0.4, -0.2) is 30.5 Å². The van der Waals surface area contributed by atoms with Gasteiger partial charge in [-0.25, -0.2) is 0 Å². The van der Waals surface area contributed by atoms with E-state index in [0.717, 1.165) is 24.3 Å². The lowest BCUT2D eigenvalue weighted by molar-refractivity contribution is -0.137. The van der Waals surface area contributed by atoms with E-state index in [1.165, 1.54) is 56.3 Å². The fourth-order valence-corrected chi connectivity index (χ4v) is 3.08. The lowest BCUT2D eigenvalue weighted by atomic mass is 10.1. The van der Waals surface area contributed by atoms with Gasteiger partial charge in [-0.1, -0.05) is 64.4 Å². The second-order valence-electron chi connectivity index (χ2n) is 6.23. The van der Waals surface area contributed by atoms with E-state index in [-0.39, 0.29) is 5.78 Å². The summed E-state index contributed by atoms with van der Waals surface area (Å²) in [7, 11) is 1.85. The van der Waals surface area contributed by atoms with Crippen LogP contribution in [0.4, 0.5) is 0 Å². The summed E-state index contributed by atoms with van der Waals surface area (Å²) >= 11 is 1.50. The van der Waals surface area contributed by atoms with Crippen molar-refractivity contribution in [2.45, 2.75) is 77.6 Å². The number of carbonyl (C=O) groups excluding carboxylic acids is 1. The molecule has 0 aliphatic rings. The molecule has 2 N–H and O–H groups in total. The van der Waals surface area contributed by atoms with Gasteiger partial charge in [0.2, 0.25) is 0 Å². The molecule has 0 aromatic carbocycles. The fraction of sp³-hybridized carbons (Fsp3) is 0.700. The van der Waals surface area contributed by atoms with Gasteiger partial charge < -0.3 is 10.4 Å². The number of thiophene rings is 1. The number of ketones is 1. The third-order valence-corrected chi connectivity index (χ3v) is 4.80. The van der Waals surface area contributed by atoms with E-state index in [0.29, 0.717) is 12.8 Å². The summed E-state index contributed by atoms with van der Waals surface area (Å²) in [6.45, 7) is 2.99. The predicted octanol–water partition coefficient (Wildman–Crippen LogP) is 5.53. The maximum atomic E-state index is 11.2. The van der Waals surface area contributed by atoms with Crippen molar-refractivity contribution in [2.24, 2.45) is 0 Å². The van der Waals surface area contributed by atoms with Gasteiger partial charge in [0.15, 0.2) is 5.78 Å². The Labute approximate surface area is 157 Å². The zero-order valence-corrected chi connectivity index (χ0v) is 16.7. The molecule has 0 fully saturated rings. The van der Waals surface area contributed by atoms with Crippen LogP contribution in [0, 0.1) is 0 Å². The molecule has 0 saturated heterocycles. The van der Waals surface area contributed by atoms with Crippen LogP contribution in [0.3, 0.4) is 0 Å². The Hall–Kier alpha value is -1.20. The summed E-state index contributed by atoms with van der Waals surface area (Å²) in [5.74, 6) is -0.428. The molecule has 0 atom stereocenters. The van der Waals surface area contributed by atoms with Crippen molar-refractivity contribution in [3.05, 3.63) is 22.4 Å². The van der Waals surface area contributed by atoms with Crippen molar-refractivity contribution in [3.63, 3.8) is 0 Å². The van der Waals surface area contributed by atoms with Crippen LogP contribution in [-0.2, 0) is 4.79 Å². The number of carboxylic acid groups (broad SMARTS) is 1. The van der Waals surface area contributed by atoms with Gasteiger partial charge in [0.1, 0.15) is 0 Å². The summed E-state index contributed by atoms with van der Waals surface area (Å²) < 4.78 is 0. The van der Waals surface area contributed by atoms with Crippen LogP contribution in [0.2, 0.25) is 0 Å². The lowest BCUT2D eigenvalue weighted by Crippen LogP contribution is -2.12. The first-order valence-corrected chi connectivity index (χ1v) is 10.4. The number of aliphatic carboxylic acids is 1. The molecular formula is C20H35NO3S. The largest absolute Gasteiger partial charge is 0.481 e. The quantitative estimate of drug-likeness (QED) is 0.334. The van der Waals surface area contributed by atoms with Crippen LogP contribution in [0.1, 0.15) is 87.2 Å². The molecule has 0 aliphatic carbocycles. The zero-order chi connectivity index (χ0) is 18.8. The first-order valence-electron chi connectivity index (χ1n) is 9.54. The van der Waals surface area contributed by atoms with Crippen molar-refractivity contribution in [2.75, 3.05) is 13.6 Å². The van der Waals surface area contributed by atoms with Crippen LogP contribution in [0.15, 0.2) is 17.5 Å². The summed E-state index contributed by atoms with van der Waals surface area (Å²) in [5.41, 5.74) is 0. The molecule has 0 aliphatic heterocycles. The van der Waals surface area contributed by atoms with Crippen molar-refractivity contribution in [3.8, 4) is 0 Å². The highest BCUT2D eigenvalue weighted by Gasteiger charge is 2.04. The van der Waals surface area contributed by atoms with Crippen LogP contribution in [0.5, 0.6) is 0 Å². The smallest absolute Gasteiger partial charge is 0.303 e. The Balaban J connectivity index is 0.000000472. The minimum Gasteiger partial charge on any atom is -0.481 e. The van der Waals surface area contributed by atoms with E-state index >= 15 is 0 Å². The SMILES string of the molecule is CCCCCCCCCCCC(=O)O.CNCCC(=O)c1cccs1. The predicted molar refractivity (Wildman–Crippen MR) is 107 cm³/mol. The monoisotopic (exact) mass is 369 g/mol. The number of rotatable bonds is 14. The number of nitrogens with one attached hydrogen (secondary N) is 1. The first-order chi connectivity index (χ1) is 12.1. The molecule has 1 aromatic rings. The molecule has 1 heterocycles. The number of Topliss-reactive ketones (excluding diaryl/α,β-unsaturated/α-hetero) is 1. The van der Waals surface area contributed by atoms with E-state index in [2.05, 4.69) is 12.2 Å².